The molecular formula is C17H26N2O5S. The molecular weight excluding hydrogens is 344 g/mol. The number of rotatable bonds is 7. The summed E-state index contributed by atoms with van der Waals surface area (Å²) in [6.45, 7) is 1.23. The number of carbonyl (C=O) groups is 1. The first-order chi connectivity index (χ1) is 12.0. The van der Waals surface area contributed by atoms with E-state index in [0.717, 1.165) is 25.7 Å². The fraction of sp³-hybridized carbons (Fsp3) is 0.588. The Bertz CT molecular complexity index is 682. The molecule has 0 aromatic heterocycles. The minimum atomic E-state index is -3.33. The van der Waals surface area contributed by atoms with Crippen LogP contribution in [0.4, 0.5) is 0 Å². The third kappa shape index (κ3) is 5.34. The number of carbonyl (C=O) groups excluding carboxylic acids is 1. The molecule has 1 fully saturated rings. The van der Waals surface area contributed by atoms with Gasteiger partial charge < -0.3 is 14.8 Å². The summed E-state index contributed by atoms with van der Waals surface area (Å²) in [5.41, 5.74) is 0.393. The number of benzene rings is 1. The molecule has 1 aliphatic heterocycles. The second-order valence-electron chi connectivity index (χ2n) is 5.95. The maximum Gasteiger partial charge on any atom is 0.251 e. The quantitative estimate of drug-likeness (QED) is 0.789. The first-order valence-electron chi connectivity index (χ1n) is 8.46. The smallest absolute Gasteiger partial charge is 0.251 e. The lowest BCUT2D eigenvalue weighted by Gasteiger charge is -2.19. The largest absolute Gasteiger partial charge is 0.493 e. The zero-order valence-corrected chi connectivity index (χ0v) is 15.6. The van der Waals surface area contributed by atoms with Crippen molar-refractivity contribution in [2.45, 2.75) is 25.7 Å². The Morgan fingerprint density at radius 3 is 2.32 bits per heavy atom. The van der Waals surface area contributed by atoms with Crippen molar-refractivity contribution in [3.8, 4) is 11.5 Å². The highest BCUT2D eigenvalue weighted by molar-refractivity contribution is 7.89. The summed E-state index contributed by atoms with van der Waals surface area (Å²) in [5, 5.41) is 2.66. The SMILES string of the molecule is COc1ccc(C(=O)NCCS(=O)(=O)N2CCCCCC2)cc1OC. The van der Waals surface area contributed by atoms with Crippen molar-refractivity contribution in [1.29, 1.82) is 0 Å². The van der Waals surface area contributed by atoms with Crippen LogP contribution in [-0.4, -0.2) is 58.2 Å². The summed E-state index contributed by atoms with van der Waals surface area (Å²) in [5.74, 6) is 0.550. The lowest BCUT2D eigenvalue weighted by Crippen LogP contribution is -2.38. The number of hydrogen-bond acceptors (Lipinski definition) is 5. The number of hydrogen-bond donors (Lipinski definition) is 1. The molecule has 1 aromatic rings. The molecule has 2 rings (SSSR count). The van der Waals surface area contributed by atoms with Crippen LogP contribution < -0.4 is 14.8 Å². The van der Waals surface area contributed by atoms with Gasteiger partial charge in [0.05, 0.1) is 20.0 Å². The first kappa shape index (κ1) is 19.5. The van der Waals surface area contributed by atoms with Gasteiger partial charge in [-0.05, 0) is 31.0 Å². The average molecular weight is 370 g/mol. The lowest BCUT2D eigenvalue weighted by atomic mass is 10.2. The van der Waals surface area contributed by atoms with Crippen molar-refractivity contribution in [2.75, 3.05) is 39.6 Å². The van der Waals surface area contributed by atoms with Crippen molar-refractivity contribution < 1.29 is 22.7 Å². The number of sulfonamides is 1. The number of nitrogens with one attached hydrogen (secondary N) is 1. The molecule has 1 N–H and O–H groups in total. The third-order valence-corrected chi connectivity index (χ3v) is 6.12. The van der Waals surface area contributed by atoms with Gasteiger partial charge in [-0.2, -0.15) is 0 Å². The summed E-state index contributed by atoms with van der Waals surface area (Å²) < 4.78 is 36.6. The second-order valence-corrected chi connectivity index (χ2v) is 8.04. The molecule has 0 spiro atoms. The summed E-state index contributed by atoms with van der Waals surface area (Å²) in [4.78, 5) is 12.2. The molecule has 0 atom stereocenters. The normalized spacial score (nSPS) is 16.1. The van der Waals surface area contributed by atoms with Crippen LogP contribution in [0.1, 0.15) is 36.0 Å². The monoisotopic (exact) mass is 370 g/mol. The summed E-state index contributed by atoms with van der Waals surface area (Å²) >= 11 is 0. The van der Waals surface area contributed by atoms with Crippen LogP contribution in [0.15, 0.2) is 18.2 Å². The van der Waals surface area contributed by atoms with Gasteiger partial charge in [0.1, 0.15) is 0 Å². The molecule has 1 saturated heterocycles. The van der Waals surface area contributed by atoms with E-state index in [9.17, 15) is 13.2 Å². The molecule has 1 aromatic carbocycles. The predicted octanol–water partition coefficient (Wildman–Crippen LogP) is 1.64. The Hall–Kier alpha value is -1.80. The van der Waals surface area contributed by atoms with Crippen LogP contribution in [0.25, 0.3) is 0 Å². The van der Waals surface area contributed by atoms with Crippen molar-refractivity contribution in [1.82, 2.24) is 9.62 Å². The van der Waals surface area contributed by atoms with Crippen LogP contribution in [0.5, 0.6) is 11.5 Å². The van der Waals surface area contributed by atoms with Gasteiger partial charge in [-0.15, -0.1) is 0 Å². The molecule has 25 heavy (non-hydrogen) atoms. The molecule has 1 amide bonds. The van der Waals surface area contributed by atoms with Gasteiger partial charge in [-0.1, -0.05) is 12.8 Å². The van der Waals surface area contributed by atoms with Gasteiger partial charge in [0.2, 0.25) is 10.0 Å². The Morgan fingerprint density at radius 2 is 1.72 bits per heavy atom. The van der Waals surface area contributed by atoms with E-state index >= 15 is 0 Å². The van der Waals surface area contributed by atoms with E-state index in [1.165, 1.54) is 14.2 Å². The number of nitrogens with zero attached hydrogens (tertiary/aromatic N) is 1. The van der Waals surface area contributed by atoms with E-state index in [4.69, 9.17) is 9.47 Å². The Balaban J connectivity index is 1.91. The highest BCUT2D eigenvalue weighted by Gasteiger charge is 2.23. The van der Waals surface area contributed by atoms with Crippen LogP contribution in [0.3, 0.4) is 0 Å². The van der Waals surface area contributed by atoms with E-state index < -0.39 is 10.0 Å². The minimum Gasteiger partial charge on any atom is -0.493 e. The van der Waals surface area contributed by atoms with E-state index in [1.54, 1.807) is 22.5 Å². The fourth-order valence-electron chi connectivity index (χ4n) is 2.82. The van der Waals surface area contributed by atoms with E-state index in [1.807, 2.05) is 0 Å². The molecule has 0 radical (unpaired) electrons. The Morgan fingerprint density at radius 1 is 1.08 bits per heavy atom. The van der Waals surface area contributed by atoms with E-state index in [0.29, 0.717) is 30.2 Å². The standard InChI is InChI=1S/C17H26N2O5S/c1-23-15-8-7-14(13-16(15)24-2)17(20)18-9-12-25(21,22)19-10-5-3-4-6-11-19/h7-8,13H,3-6,9-12H2,1-2H3,(H,18,20). The van der Waals surface area contributed by atoms with Gasteiger partial charge in [0.15, 0.2) is 11.5 Å². The van der Waals surface area contributed by atoms with Crippen LogP contribution >= 0.6 is 0 Å². The molecule has 140 valence electrons. The molecule has 7 nitrogen and oxygen atoms in total. The zero-order chi connectivity index (χ0) is 18.3. The van der Waals surface area contributed by atoms with Crippen LogP contribution in [0.2, 0.25) is 0 Å². The number of amides is 1. The highest BCUT2D eigenvalue weighted by atomic mass is 32.2. The topological polar surface area (TPSA) is 84.9 Å². The van der Waals surface area contributed by atoms with Gasteiger partial charge in [0, 0.05) is 25.2 Å². The second kappa shape index (κ2) is 9.05. The maximum atomic E-state index is 12.4. The fourth-order valence-corrected chi connectivity index (χ4v) is 4.25. The predicted molar refractivity (Wildman–Crippen MR) is 95.7 cm³/mol. The Labute approximate surface area is 149 Å². The molecule has 0 unspecified atom stereocenters. The minimum absolute atomic E-state index is 0.0754. The summed E-state index contributed by atoms with van der Waals surface area (Å²) in [6.07, 6.45) is 3.94. The highest BCUT2D eigenvalue weighted by Crippen LogP contribution is 2.27. The Kier molecular flexibility index (Phi) is 7.07. The molecule has 0 bridgehead atoms. The number of methoxy groups -OCH3 is 2. The van der Waals surface area contributed by atoms with Crippen LogP contribution in [0, 0.1) is 0 Å². The first-order valence-corrected chi connectivity index (χ1v) is 10.1. The van der Waals surface area contributed by atoms with Crippen molar-refractivity contribution >= 4 is 15.9 Å². The molecule has 0 saturated carbocycles. The summed E-state index contributed by atoms with van der Waals surface area (Å²) in [6, 6.07) is 4.82. The molecule has 1 heterocycles. The number of ether oxygens (including phenoxy) is 2. The molecule has 0 aliphatic carbocycles. The van der Waals surface area contributed by atoms with E-state index in [2.05, 4.69) is 5.32 Å². The van der Waals surface area contributed by atoms with Crippen molar-refractivity contribution in [3.63, 3.8) is 0 Å². The van der Waals surface area contributed by atoms with Crippen LogP contribution in [-0.2, 0) is 10.0 Å². The van der Waals surface area contributed by atoms with Gasteiger partial charge in [0.25, 0.3) is 5.91 Å². The van der Waals surface area contributed by atoms with Gasteiger partial charge in [-0.3, -0.25) is 4.79 Å². The van der Waals surface area contributed by atoms with Crippen molar-refractivity contribution in [3.05, 3.63) is 23.8 Å². The summed E-state index contributed by atoms with van der Waals surface area (Å²) in [7, 11) is -0.322. The molecule has 1 aliphatic rings. The molecule has 8 heteroatoms. The van der Waals surface area contributed by atoms with E-state index in [-0.39, 0.29) is 18.2 Å². The lowest BCUT2D eigenvalue weighted by molar-refractivity contribution is 0.0955. The average Bonchev–Trinajstić information content (AvgIpc) is 2.90. The van der Waals surface area contributed by atoms with Gasteiger partial charge >= 0.3 is 0 Å². The maximum absolute atomic E-state index is 12.4. The zero-order valence-electron chi connectivity index (χ0n) is 14.8. The van der Waals surface area contributed by atoms with Gasteiger partial charge in [-0.25, -0.2) is 12.7 Å². The third-order valence-electron chi connectivity index (χ3n) is 4.25. The van der Waals surface area contributed by atoms with Crippen molar-refractivity contribution in [2.24, 2.45) is 0 Å².